The van der Waals surface area contributed by atoms with E-state index in [0.29, 0.717) is 11.3 Å². The summed E-state index contributed by atoms with van der Waals surface area (Å²) >= 11 is 1.78. The van der Waals surface area contributed by atoms with Gasteiger partial charge in [-0.25, -0.2) is 0 Å². The lowest BCUT2D eigenvalue weighted by atomic mass is 10.1. The third kappa shape index (κ3) is 2.27. The molecule has 4 rings (SSSR count). The average molecular weight is 310 g/mol. The van der Waals surface area contributed by atoms with E-state index in [0.717, 1.165) is 34.6 Å². The van der Waals surface area contributed by atoms with Crippen LogP contribution in [0.15, 0.2) is 53.1 Å². The van der Waals surface area contributed by atoms with Crippen molar-refractivity contribution < 1.29 is 9.32 Å². The lowest BCUT2D eigenvalue weighted by molar-refractivity contribution is 0.0803. The highest BCUT2D eigenvalue weighted by molar-refractivity contribution is 7.99. The lowest BCUT2D eigenvalue weighted by Gasteiger charge is -2.14. The predicted octanol–water partition coefficient (Wildman–Crippen LogP) is 3.64. The summed E-state index contributed by atoms with van der Waals surface area (Å²) in [4.78, 5) is 14.4. The molecule has 0 atom stereocenters. The number of fused-ring (bicyclic) bond motifs is 1. The summed E-state index contributed by atoms with van der Waals surface area (Å²) in [5.41, 5.74) is 2.42. The molecule has 0 N–H and O–H groups in total. The molecule has 0 spiro atoms. The van der Waals surface area contributed by atoms with Gasteiger partial charge in [-0.2, -0.15) is 0 Å². The second kappa shape index (κ2) is 5.50. The van der Waals surface area contributed by atoms with E-state index in [-0.39, 0.29) is 5.91 Å². The number of hydrogen-bond acceptors (Lipinski definition) is 4. The molecular weight excluding hydrogens is 296 g/mol. The number of hydrogen-bond donors (Lipinski definition) is 0. The van der Waals surface area contributed by atoms with Crippen LogP contribution in [0.3, 0.4) is 0 Å². The number of thioether (sulfide) groups is 1. The summed E-state index contributed by atoms with van der Waals surface area (Å²) in [5.74, 6) is 2.57. The molecule has 0 unspecified atom stereocenters. The minimum absolute atomic E-state index is 0.0760. The number of amides is 1. The zero-order valence-electron chi connectivity index (χ0n) is 11.9. The number of aromatic nitrogens is 1. The Bertz CT molecular complexity index is 823. The van der Waals surface area contributed by atoms with Crippen LogP contribution in [0.5, 0.6) is 0 Å². The van der Waals surface area contributed by atoms with Gasteiger partial charge in [-0.1, -0.05) is 35.5 Å². The Kier molecular flexibility index (Phi) is 3.35. The summed E-state index contributed by atoms with van der Waals surface area (Å²) in [6, 6.07) is 15.4. The van der Waals surface area contributed by atoms with Crippen molar-refractivity contribution in [3.8, 4) is 11.3 Å². The van der Waals surface area contributed by atoms with E-state index in [4.69, 9.17) is 4.52 Å². The number of rotatable bonds is 2. The smallest absolute Gasteiger partial charge is 0.254 e. The molecule has 1 aliphatic heterocycles. The van der Waals surface area contributed by atoms with Gasteiger partial charge in [0.15, 0.2) is 5.76 Å². The number of carbonyl (C=O) groups excluding carboxylic acids is 1. The van der Waals surface area contributed by atoms with E-state index in [9.17, 15) is 4.79 Å². The lowest BCUT2D eigenvalue weighted by Crippen LogP contribution is -2.27. The maximum absolute atomic E-state index is 12.5. The topological polar surface area (TPSA) is 46.3 Å². The summed E-state index contributed by atoms with van der Waals surface area (Å²) < 4.78 is 5.48. The van der Waals surface area contributed by atoms with Crippen molar-refractivity contribution in [2.45, 2.75) is 0 Å². The first-order chi connectivity index (χ1) is 10.8. The Labute approximate surface area is 132 Å². The van der Waals surface area contributed by atoms with Crippen LogP contribution in [-0.4, -0.2) is 34.1 Å². The Hall–Kier alpha value is -2.27. The van der Waals surface area contributed by atoms with Gasteiger partial charge in [0, 0.05) is 23.4 Å². The molecule has 0 radical (unpaired) electrons. The molecule has 110 valence electrons. The van der Waals surface area contributed by atoms with Gasteiger partial charge in [-0.05, 0) is 18.2 Å². The predicted molar refractivity (Wildman–Crippen MR) is 87.8 cm³/mol. The fourth-order valence-corrected chi connectivity index (χ4v) is 3.57. The Morgan fingerprint density at radius 3 is 2.82 bits per heavy atom. The van der Waals surface area contributed by atoms with Crippen LogP contribution in [0.4, 0.5) is 0 Å². The molecule has 0 saturated carbocycles. The molecule has 1 fully saturated rings. The Morgan fingerprint density at radius 2 is 2.05 bits per heavy atom. The van der Waals surface area contributed by atoms with Gasteiger partial charge >= 0.3 is 0 Å². The van der Waals surface area contributed by atoms with Gasteiger partial charge in [0.25, 0.3) is 5.91 Å². The van der Waals surface area contributed by atoms with Gasteiger partial charge in [-0.3, -0.25) is 4.79 Å². The molecule has 22 heavy (non-hydrogen) atoms. The molecule has 1 aliphatic rings. The van der Waals surface area contributed by atoms with Crippen LogP contribution in [0.25, 0.3) is 22.2 Å². The van der Waals surface area contributed by atoms with E-state index in [1.54, 1.807) is 11.8 Å². The summed E-state index contributed by atoms with van der Waals surface area (Å²) in [5, 5.41) is 4.97. The van der Waals surface area contributed by atoms with E-state index in [1.165, 1.54) is 0 Å². The Balaban J connectivity index is 1.78. The van der Waals surface area contributed by atoms with Crippen molar-refractivity contribution in [2.24, 2.45) is 0 Å². The molecule has 2 aromatic carbocycles. The van der Waals surface area contributed by atoms with E-state index in [2.05, 4.69) is 5.16 Å². The van der Waals surface area contributed by atoms with Gasteiger partial charge in [0.05, 0.1) is 11.3 Å². The largest absolute Gasteiger partial charge is 0.355 e. The van der Waals surface area contributed by atoms with Crippen LogP contribution >= 0.6 is 11.8 Å². The first kappa shape index (κ1) is 13.4. The molecular formula is C17H14N2O2S. The van der Waals surface area contributed by atoms with Crippen LogP contribution in [0.2, 0.25) is 0 Å². The fourth-order valence-electron chi connectivity index (χ4n) is 2.63. The Morgan fingerprint density at radius 1 is 1.18 bits per heavy atom. The normalized spacial score (nSPS) is 14.6. The van der Waals surface area contributed by atoms with Crippen molar-refractivity contribution in [1.82, 2.24) is 10.1 Å². The number of nitrogens with zero attached hydrogens (tertiary/aromatic N) is 2. The first-order valence-corrected chi connectivity index (χ1v) is 8.30. The van der Waals surface area contributed by atoms with Crippen molar-refractivity contribution in [1.29, 1.82) is 0 Å². The van der Waals surface area contributed by atoms with Crippen molar-refractivity contribution in [2.75, 3.05) is 18.2 Å². The van der Waals surface area contributed by atoms with Crippen LogP contribution in [0.1, 0.15) is 10.4 Å². The molecule has 5 heteroatoms. The van der Waals surface area contributed by atoms with Gasteiger partial charge in [0.1, 0.15) is 5.52 Å². The molecule has 2 heterocycles. The summed E-state index contributed by atoms with van der Waals surface area (Å²) in [6.45, 7) is 0.816. The molecule has 1 amide bonds. The number of benzene rings is 2. The van der Waals surface area contributed by atoms with Crippen molar-refractivity contribution in [3.63, 3.8) is 0 Å². The minimum atomic E-state index is 0.0760. The maximum Gasteiger partial charge on any atom is 0.254 e. The minimum Gasteiger partial charge on any atom is -0.355 e. The van der Waals surface area contributed by atoms with Crippen LogP contribution in [0, 0.1) is 0 Å². The van der Waals surface area contributed by atoms with Crippen molar-refractivity contribution >= 4 is 28.6 Å². The number of carbonyl (C=O) groups is 1. The monoisotopic (exact) mass is 310 g/mol. The van der Waals surface area contributed by atoms with Gasteiger partial charge < -0.3 is 9.42 Å². The molecule has 0 aliphatic carbocycles. The zero-order chi connectivity index (χ0) is 14.9. The highest BCUT2D eigenvalue weighted by atomic mass is 32.2. The molecule has 3 aromatic rings. The van der Waals surface area contributed by atoms with E-state index >= 15 is 0 Å². The highest BCUT2D eigenvalue weighted by Gasteiger charge is 2.21. The summed E-state index contributed by atoms with van der Waals surface area (Å²) in [6.07, 6.45) is 0. The van der Waals surface area contributed by atoms with Gasteiger partial charge in [0.2, 0.25) is 0 Å². The first-order valence-electron chi connectivity index (χ1n) is 7.15. The average Bonchev–Trinajstić information content (AvgIpc) is 3.24. The standard InChI is InChI=1S/C17H14N2O2S/c20-17(19-8-9-22-11-19)13-6-7-15-14(10-13)16(21-18-15)12-4-2-1-3-5-12/h1-7,10H,8-9,11H2. The highest BCUT2D eigenvalue weighted by Crippen LogP contribution is 2.29. The van der Waals surface area contributed by atoms with E-state index < -0.39 is 0 Å². The van der Waals surface area contributed by atoms with Crippen molar-refractivity contribution in [3.05, 3.63) is 54.1 Å². The molecule has 4 nitrogen and oxygen atoms in total. The van der Waals surface area contributed by atoms with Crippen LogP contribution < -0.4 is 0 Å². The SMILES string of the molecule is O=C(c1ccc2noc(-c3ccccc3)c2c1)N1CCSC1. The third-order valence-electron chi connectivity index (χ3n) is 3.80. The second-order valence-electron chi connectivity index (χ2n) is 5.22. The second-order valence-corrected chi connectivity index (χ2v) is 6.29. The maximum atomic E-state index is 12.5. The summed E-state index contributed by atoms with van der Waals surface area (Å²) in [7, 11) is 0. The fraction of sp³-hybridized carbons (Fsp3) is 0.176. The van der Waals surface area contributed by atoms with Gasteiger partial charge in [-0.15, -0.1) is 11.8 Å². The zero-order valence-corrected chi connectivity index (χ0v) is 12.7. The molecule has 1 saturated heterocycles. The van der Waals surface area contributed by atoms with Crippen LogP contribution in [-0.2, 0) is 0 Å². The molecule has 0 bridgehead atoms. The quantitative estimate of drug-likeness (QED) is 0.725. The molecule has 1 aromatic heterocycles. The third-order valence-corrected chi connectivity index (χ3v) is 4.76. The van der Waals surface area contributed by atoms with E-state index in [1.807, 2.05) is 53.4 Å².